The van der Waals surface area contributed by atoms with E-state index in [1.807, 2.05) is 0 Å². The van der Waals surface area contributed by atoms with Gasteiger partial charge in [-0.3, -0.25) is 19.3 Å². The number of carbonyl (C=O) groups excluding carboxylic acids is 3. The lowest BCUT2D eigenvalue weighted by molar-refractivity contribution is -0.140. The molecule has 0 unspecified atom stereocenters. The number of β-amino-alcohol motifs (C(OH)–C–C–N with tert-alkyl or cyclic N) is 1. The SMILES string of the molecule is COC(=O)Cc1ccc(NC2=CC(=O)N(CCO)C2=O)c(F)c1F. The van der Waals surface area contributed by atoms with Gasteiger partial charge in [0.15, 0.2) is 11.6 Å². The summed E-state index contributed by atoms with van der Waals surface area (Å²) >= 11 is 0. The molecule has 128 valence electrons. The van der Waals surface area contributed by atoms with Crippen molar-refractivity contribution in [2.45, 2.75) is 6.42 Å². The van der Waals surface area contributed by atoms with E-state index in [0.29, 0.717) is 0 Å². The number of nitrogens with zero attached hydrogens (tertiary/aromatic N) is 1. The molecule has 0 saturated heterocycles. The van der Waals surface area contributed by atoms with Crippen LogP contribution < -0.4 is 5.32 Å². The molecule has 7 nitrogen and oxygen atoms in total. The highest BCUT2D eigenvalue weighted by Crippen LogP contribution is 2.24. The first-order chi connectivity index (χ1) is 11.4. The molecule has 0 atom stereocenters. The molecule has 0 aliphatic carbocycles. The lowest BCUT2D eigenvalue weighted by atomic mass is 10.1. The lowest BCUT2D eigenvalue weighted by Crippen LogP contribution is -2.34. The highest BCUT2D eigenvalue weighted by atomic mass is 19.2. The van der Waals surface area contributed by atoms with E-state index in [2.05, 4.69) is 10.1 Å². The van der Waals surface area contributed by atoms with E-state index in [1.54, 1.807) is 0 Å². The van der Waals surface area contributed by atoms with Crippen LogP contribution in [0.15, 0.2) is 23.9 Å². The third-order valence-corrected chi connectivity index (χ3v) is 3.33. The Kier molecular flexibility index (Phi) is 5.24. The highest BCUT2D eigenvalue weighted by Gasteiger charge is 2.31. The topological polar surface area (TPSA) is 95.9 Å². The van der Waals surface area contributed by atoms with Gasteiger partial charge in [0.05, 0.1) is 32.4 Å². The van der Waals surface area contributed by atoms with Crippen LogP contribution in [0.4, 0.5) is 14.5 Å². The minimum Gasteiger partial charge on any atom is -0.469 e. The second-order valence-corrected chi connectivity index (χ2v) is 4.85. The first kappa shape index (κ1) is 17.5. The number of nitrogens with one attached hydrogen (secondary N) is 1. The normalized spacial score (nSPS) is 14.0. The summed E-state index contributed by atoms with van der Waals surface area (Å²) in [5.41, 5.74) is -0.804. The summed E-state index contributed by atoms with van der Waals surface area (Å²) in [5.74, 6) is -4.70. The third kappa shape index (κ3) is 3.40. The molecule has 1 heterocycles. The lowest BCUT2D eigenvalue weighted by Gasteiger charge is -2.14. The number of amides is 2. The Morgan fingerprint density at radius 1 is 1.29 bits per heavy atom. The number of imide groups is 1. The molecule has 0 spiro atoms. The van der Waals surface area contributed by atoms with Crippen molar-refractivity contribution in [1.82, 2.24) is 4.90 Å². The molecule has 0 saturated carbocycles. The summed E-state index contributed by atoms with van der Waals surface area (Å²) in [4.78, 5) is 35.4. The van der Waals surface area contributed by atoms with Gasteiger partial charge in [-0.25, -0.2) is 8.78 Å². The van der Waals surface area contributed by atoms with Gasteiger partial charge in [-0.15, -0.1) is 0 Å². The molecular formula is C15H14F2N2O5. The Morgan fingerprint density at radius 3 is 2.62 bits per heavy atom. The Labute approximate surface area is 135 Å². The monoisotopic (exact) mass is 340 g/mol. The average Bonchev–Trinajstić information content (AvgIpc) is 2.82. The van der Waals surface area contributed by atoms with Gasteiger partial charge in [0.25, 0.3) is 11.8 Å². The maximum atomic E-state index is 14.1. The Morgan fingerprint density at radius 2 is 2.00 bits per heavy atom. The maximum Gasteiger partial charge on any atom is 0.310 e. The first-order valence-corrected chi connectivity index (χ1v) is 6.88. The van der Waals surface area contributed by atoms with Crippen LogP contribution in [0.3, 0.4) is 0 Å². The number of aliphatic hydroxyl groups is 1. The second-order valence-electron chi connectivity index (χ2n) is 4.85. The number of aliphatic hydroxyl groups excluding tert-OH is 1. The van der Waals surface area contributed by atoms with E-state index in [0.717, 1.165) is 24.2 Å². The van der Waals surface area contributed by atoms with Gasteiger partial charge >= 0.3 is 5.97 Å². The van der Waals surface area contributed by atoms with Crippen LogP contribution in [0.25, 0.3) is 0 Å². The van der Waals surface area contributed by atoms with Gasteiger partial charge in [-0.2, -0.15) is 0 Å². The summed E-state index contributed by atoms with van der Waals surface area (Å²) in [6, 6.07) is 2.31. The molecule has 0 radical (unpaired) electrons. The van der Waals surface area contributed by atoms with E-state index < -0.39 is 42.4 Å². The molecule has 1 aliphatic rings. The predicted octanol–water partition coefficient (Wildman–Crippen LogP) is 0.337. The van der Waals surface area contributed by atoms with E-state index >= 15 is 0 Å². The number of ether oxygens (including phenoxy) is 1. The molecule has 24 heavy (non-hydrogen) atoms. The van der Waals surface area contributed by atoms with Crippen molar-refractivity contribution in [2.24, 2.45) is 0 Å². The van der Waals surface area contributed by atoms with Crippen molar-refractivity contribution in [3.8, 4) is 0 Å². The van der Waals surface area contributed by atoms with Crippen LogP contribution in [0.2, 0.25) is 0 Å². The fraction of sp³-hybridized carbons (Fsp3) is 0.267. The number of benzene rings is 1. The first-order valence-electron chi connectivity index (χ1n) is 6.88. The van der Waals surface area contributed by atoms with E-state index in [4.69, 9.17) is 5.11 Å². The Bertz CT molecular complexity index is 733. The highest BCUT2D eigenvalue weighted by molar-refractivity contribution is 6.17. The number of methoxy groups -OCH3 is 1. The molecule has 9 heteroatoms. The zero-order valence-electron chi connectivity index (χ0n) is 12.6. The minimum absolute atomic E-state index is 0.199. The van der Waals surface area contributed by atoms with Crippen molar-refractivity contribution >= 4 is 23.5 Å². The van der Waals surface area contributed by atoms with Crippen molar-refractivity contribution < 1.29 is 33.0 Å². The number of carbonyl (C=O) groups is 3. The fourth-order valence-corrected chi connectivity index (χ4v) is 2.11. The van der Waals surface area contributed by atoms with Crippen molar-refractivity contribution in [3.05, 3.63) is 41.1 Å². The smallest absolute Gasteiger partial charge is 0.310 e. The average molecular weight is 340 g/mol. The predicted molar refractivity (Wildman–Crippen MR) is 77.6 cm³/mol. The van der Waals surface area contributed by atoms with Gasteiger partial charge in [0.2, 0.25) is 0 Å². The number of hydrogen-bond acceptors (Lipinski definition) is 6. The molecule has 2 rings (SSSR count). The van der Waals surface area contributed by atoms with Gasteiger partial charge < -0.3 is 15.2 Å². The maximum absolute atomic E-state index is 14.1. The quantitative estimate of drug-likeness (QED) is 0.573. The number of rotatable bonds is 6. The summed E-state index contributed by atoms with van der Waals surface area (Å²) in [6.07, 6.45) is 0.488. The number of esters is 1. The van der Waals surface area contributed by atoms with E-state index in [9.17, 15) is 23.2 Å². The van der Waals surface area contributed by atoms with Gasteiger partial charge in [0, 0.05) is 11.6 Å². The van der Waals surface area contributed by atoms with Crippen LogP contribution in [0.1, 0.15) is 5.56 Å². The van der Waals surface area contributed by atoms with Crippen LogP contribution in [0.5, 0.6) is 0 Å². The Hall–Kier alpha value is -2.81. The third-order valence-electron chi connectivity index (χ3n) is 3.33. The number of anilines is 1. The molecule has 2 amide bonds. The molecular weight excluding hydrogens is 326 g/mol. The zero-order valence-corrected chi connectivity index (χ0v) is 12.6. The molecule has 1 aromatic rings. The van der Waals surface area contributed by atoms with E-state index in [1.165, 1.54) is 6.07 Å². The molecule has 0 fully saturated rings. The largest absolute Gasteiger partial charge is 0.469 e. The zero-order chi connectivity index (χ0) is 17.9. The van der Waals surface area contributed by atoms with Gasteiger partial charge in [0.1, 0.15) is 5.70 Å². The van der Waals surface area contributed by atoms with Crippen LogP contribution >= 0.6 is 0 Å². The van der Waals surface area contributed by atoms with Gasteiger partial charge in [-0.1, -0.05) is 6.07 Å². The molecule has 0 aromatic heterocycles. The minimum atomic E-state index is -1.29. The van der Waals surface area contributed by atoms with E-state index in [-0.39, 0.29) is 23.5 Å². The fourth-order valence-electron chi connectivity index (χ4n) is 2.11. The standard InChI is InChI=1S/C15H14F2N2O5/c1-24-12(22)6-8-2-3-9(14(17)13(8)16)18-10-7-11(21)19(4-5-20)15(10)23/h2-3,7,18,20H,4-6H2,1H3. The molecule has 0 bridgehead atoms. The van der Waals surface area contributed by atoms with Crippen molar-refractivity contribution in [1.29, 1.82) is 0 Å². The van der Waals surface area contributed by atoms with Crippen molar-refractivity contribution in [3.63, 3.8) is 0 Å². The number of halogens is 2. The van der Waals surface area contributed by atoms with Gasteiger partial charge in [-0.05, 0) is 6.07 Å². The summed E-state index contributed by atoms with van der Waals surface area (Å²) in [5, 5.41) is 11.2. The summed E-state index contributed by atoms with van der Waals surface area (Å²) in [7, 11) is 1.12. The molecule has 1 aromatic carbocycles. The summed E-state index contributed by atoms with van der Waals surface area (Å²) < 4.78 is 32.4. The van der Waals surface area contributed by atoms with Crippen LogP contribution in [-0.4, -0.2) is 48.1 Å². The second kappa shape index (κ2) is 7.18. The van der Waals surface area contributed by atoms with Crippen LogP contribution in [-0.2, 0) is 25.5 Å². The summed E-state index contributed by atoms with van der Waals surface area (Å²) in [6.45, 7) is -0.613. The van der Waals surface area contributed by atoms with Crippen molar-refractivity contribution in [2.75, 3.05) is 25.6 Å². The molecule has 1 aliphatic heterocycles. The number of hydrogen-bond donors (Lipinski definition) is 2. The Balaban J connectivity index is 2.21. The van der Waals surface area contributed by atoms with Crippen LogP contribution in [0, 0.1) is 11.6 Å². The molecule has 2 N–H and O–H groups in total.